The van der Waals surface area contributed by atoms with Crippen molar-refractivity contribution in [3.05, 3.63) is 71.3 Å². The molecule has 2 heterocycles. The highest BCUT2D eigenvalue weighted by atomic mass is 16.2. The van der Waals surface area contributed by atoms with Gasteiger partial charge in [0.1, 0.15) is 0 Å². The van der Waals surface area contributed by atoms with Crippen LogP contribution in [0.5, 0.6) is 0 Å². The zero-order valence-electron chi connectivity index (χ0n) is 16.2. The summed E-state index contributed by atoms with van der Waals surface area (Å²) in [4.78, 5) is 39.8. The number of likely N-dealkylation sites (tertiary alicyclic amines) is 2. The first-order chi connectivity index (χ1) is 13.4. The number of hydrogen-bond acceptors (Lipinski definition) is 3. The fourth-order valence-corrected chi connectivity index (χ4v) is 4.28. The second-order valence-electron chi connectivity index (χ2n) is 8.31. The van der Waals surface area contributed by atoms with Gasteiger partial charge in [-0.1, -0.05) is 56.3 Å². The summed E-state index contributed by atoms with van der Waals surface area (Å²) in [6.45, 7) is 5.35. The smallest absolute Gasteiger partial charge is 0.254 e. The lowest BCUT2D eigenvalue weighted by molar-refractivity contribution is -0.139. The monoisotopic (exact) mass is 376 g/mol. The third-order valence-electron chi connectivity index (χ3n) is 5.70. The lowest BCUT2D eigenvalue weighted by Gasteiger charge is -2.54. The number of amides is 3. The van der Waals surface area contributed by atoms with E-state index in [-0.39, 0.29) is 35.7 Å². The van der Waals surface area contributed by atoms with Gasteiger partial charge in [0.25, 0.3) is 5.91 Å². The maximum atomic E-state index is 13.1. The SMILES string of the molecule is CC1(C)CN(C(=O)c2ccc(CN3C(=O)CCC3=O)cc2)[C@@H]1c1ccccc1. The Morgan fingerprint density at radius 1 is 0.964 bits per heavy atom. The van der Waals surface area contributed by atoms with Crippen LogP contribution in [0.15, 0.2) is 54.6 Å². The van der Waals surface area contributed by atoms with Crippen LogP contribution in [0.25, 0.3) is 0 Å². The molecule has 0 saturated carbocycles. The third kappa shape index (κ3) is 3.21. The fraction of sp³-hybridized carbons (Fsp3) is 0.348. The minimum Gasteiger partial charge on any atom is -0.330 e. The molecule has 2 saturated heterocycles. The van der Waals surface area contributed by atoms with Crippen molar-refractivity contribution in [2.45, 2.75) is 39.3 Å². The van der Waals surface area contributed by atoms with Crippen molar-refractivity contribution >= 4 is 17.7 Å². The van der Waals surface area contributed by atoms with Crippen LogP contribution in [-0.2, 0) is 16.1 Å². The van der Waals surface area contributed by atoms with Crippen LogP contribution in [0.3, 0.4) is 0 Å². The van der Waals surface area contributed by atoms with E-state index in [0.717, 1.165) is 11.1 Å². The van der Waals surface area contributed by atoms with Crippen molar-refractivity contribution in [1.82, 2.24) is 9.80 Å². The van der Waals surface area contributed by atoms with Gasteiger partial charge >= 0.3 is 0 Å². The number of carbonyl (C=O) groups excluding carboxylic acids is 3. The highest BCUT2D eigenvalue weighted by molar-refractivity contribution is 6.01. The van der Waals surface area contributed by atoms with Gasteiger partial charge in [-0.05, 0) is 23.3 Å². The molecule has 2 fully saturated rings. The minimum atomic E-state index is -0.126. The van der Waals surface area contributed by atoms with Gasteiger partial charge in [0.15, 0.2) is 0 Å². The summed E-state index contributed by atoms with van der Waals surface area (Å²) in [5.41, 5.74) is 2.66. The molecule has 0 unspecified atom stereocenters. The lowest BCUT2D eigenvalue weighted by atomic mass is 9.71. The Morgan fingerprint density at radius 2 is 1.57 bits per heavy atom. The van der Waals surface area contributed by atoms with Gasteiger partial charge in [-0.3, -0.25) is 19.3 Å². The van der Waals surface area contributed by atoms with Crippen LogP contribution < -0.4 is 0 Å². The standard InChI is InChI=1S/C23H24N2O3/c1-23(2)15-25(21(23)17-6-4-3-5-7-17)22(28)18-10-8-16(9-11-18)14-24-19(26)12-13-20(24)27/h3-11,21H,12-15H2,1-2H3/t21-/m1/s1. The molecular weight excluding hydrogens is 352 g/mol. The molecule has 0 spiro atoms. The molecule has 3 amide bonds. The fourth-order valence-electron chi connectivity index (χ4n) is 4.28. The second kappa shape index (κ2) is 6.89. The van der Waals surface area contributed by atoms with E-state index in [1.54, 1.807) is 12.1 Å². The molecule has 5 heteroatoms. The largest absolute Gasteiger partial charge is 0.330 e. The molecule has 2 aromatic carbocycles. The van der Waals surface area contributed by atoms with Gasteiger partial charge in [0.05, 0.1) is 12.6 Å². The Bertz CT molecular complexity index is 903. The molecule has 0 bridgehead atoms. The molecule has 0 radical (unpaired) electrons. The summed E-state index contributed by atoms with van der Waals surface area (Å²) >= 11 is 0. The van der Waals surface area contributed by atoms with Crippen LogP contribution in [-0.4, -0.2) is 34.1 Å². The zero-order chi connectivity index (χ0) is 19.9. The predicted octanol–water partition coefficient (Wildman–Crippen LogP) is 3.56. The van der Waals surface area contributed by atoms with Crippen LogP contribution in [0.1, 0.15) is 54.2 Å². The molecule has 144 valence electrons. The van der Waals surface area contributed by atoms with Gasteiger partial charge in [0, 0.05) is 30.4 Å². The van der Waals surface area contributed by atoms with E-state index >= 15 is 0 Å². The van der Waals surface area contributed by atoms with Crippen molar-refractivity contribution in [3.63, 3.8) is 0 Å². The highest BCUT2D eigenvalue weighted by Gasteiger charge is 2.48. The Hall–Kier alpha value is -2.95. The number of benzene rings is 2. The van der Waals surface area contributed by atoms with Crippen molar-refractivity contribution in [3.8, 4) is 0 Å². The maximum Gasteiger partial charge on any atom is 0.254 e. The molecule has 1 atom stereocenters. The summed E-state index contributed by atoms with van der Waals surface area (Å²) in [5.74, 6) is -0.245. The molecule has 2 aliphatic rings. The Balaban J connectivity index is 1.49. The van der Waals surface area contributed by atoms with E-state index < -0.39 is 0 Å². The van der Waals surface area contributed by atoms with Crippen molar-refractivity contribution < 1.29 is 14.4 Å². The van der Waals surface area contributed by atoms with E-state index in [1.807, 2.05) is 35.2 Å². The molecule has 2 aliphatic heterocycles. The Morgan fingerprint density at radius 3 is 2.14 bits per heavy atom. The predicted molar refractivity (Wildman–Crippen MR) is 105 cm³/mol. The Kier molecular flexibility index (Phi) is 4.53. The Labute approximate surface area is 164 Å². The van der Waals surface area contributed by atoms with Crippen LogP contribution in [0, 0.1) is 5.41 Å². The lowest BCUT2D eigenvalue weighted by Crippen LogP contribution is -2.57. The first-order valence-corrected chi connectivity index (χ1v) is 9.65. The van der Waals surface area contributed by atoms with Crippen LogP contribution in [0.2, 0.25) is 0 Å². The topological polar surface area (TPSA) is 57.7 Å². The molecule has 0 aliphatic carbocycles. The quantitative estimate of drug-likeness (QED) is 0.767. The third-order valence-corrected chi connectivity index (χ3v) is 5.70. The average Bonchev–Trinajstić information content (AvgIpc) is 2.99. The molecule has 28 heavy (non-hydrogen) atoms. The van der Waals surface area contributed by atoms with Crippen molar-refractivity contribution in [2.24, 2.45) is 5.41 Å². The molecule has 0 aromatic heterocycles. The van der Waals surface area contributed by atoms with E-state index in [9.17, 15) is 14.4 Å². The van der Waals surface area contributed by atoms with Crippen LogP contribution >= 0.6 is 0 Å². The minimum absolute atomic E-state index is 0.00746. The number of carbonyl (C=O) groups is 3. The number of hydrogen-bond donors (Lipinski definition) is 0. The van der Waals surface area contributed by atoms with Crippen LogP contribution in [0.4, 0.5) is 0 Å². The first-order valence-electron chi connectivity index (χ1n) is 9.65. The van der Waals surface area contributed by atoms with E-state index in [1.165, 1.54) is 4.90 Å². The molecule has 0 N–H and O–H groups in total. The average molecular weight is 376 g/mol. The summed E-state index contributed by atoms with van der Waals surface area (Å²) < 4.78 is 0. The van der Waals surface area contributed by atoms with Crippen molar-refractivity contribution in [1.29, 1.82) is 0 Å². The van der Waals surface area contributed by atoms with Gasteiger partial charge in [-0.15, -0.1) is 0 Å². The van der Waals surface area contributed by atoms with Gasteiger partial charge in [-0.2, -0.15) is 0 Å². The van der Waals surface area contributed by atoms with Gasteiger partial charge in [0.2, 0.25) is 11.8 Å². The number of nitrogens with zero attached hydrogens (tertiary/aromatic N) is 2. The summed E-state index contributed by atoms with van der Waals surface area (Å²) in [5, 5.41) is 0. The van der Waals surface area contributed by atoms with Crippen molar-refractivity contribution in [2.75, 3.05) is 6.54 Å². The van der Waals surface area contributed by atoms with Gasteiger partial charge < -0.3 is 4.90 Å². The number of rotatable bonds is 4. The number of imide groups is 1. The van der Waals surface area contributed by atoms with E-state index in [0.29, 0.717) is 24.9 Å². The second-order valence-corrected chi connectivity index (χ2v) is 8.31. The molecule has 2 aromatic rings. The molecule has 4 rings (SSSR count). The normalized spacial score (nSPS) is 21.0. The van der Waals surface area contributed by atoms with E-state index in [2.05, 4.69) is 26.0 Å². The van der Waals surface area contributed by atoms with E-state index in [4.69, 9.17) is 0 Å². The molecule has 5 nitrogen and oxygen atoms in total. The molecular formula is C23H24N2O3. The summed E-state index contributed by atoms with van der Waals surface area (Å²) in [6, 6.07) is 17.4. The van der Waals surface area contributed by atoms with Gasteiger partial charge in [-0.25, -0.2) is 0 Å². The zero-order valence-corrected chi connectivity index (χ0v) is 16.2. The first kappa shape index (κ1) is 18.4. The summed E-state index contributed by atoms with van der Waals surface area (Å²) in [7, 11) is 0. The maximum absolute atomic E-state index is 13.1. The summed E-state index contributed by atoms with van der Waals surface area (Å²) in [6.07, 6.45) is 0.585. The highest BCUT2D eigenvalue weighted by Crippen LogP contribution is 2.48.